The number of hydrogen-bond donors (Lipinski definition) is 0. The Hall–Kier alpha value is -0.655. The third kappa shape index (κ3) is 5.21. The van der Waals surface area contributed by atoms with Crippen LogP contribution in [0.15, 0.2) is 23.9 Å². The van der Waals surface area contributed by atoms with Crippen molar-refractivity contribution in [2.45, 2.75) is 95.6 Å². The lowest BCUT2D eigenvalue weighted by Crippen LogP contribution is -2.32. The molecule has 0 bridgehead atoms. The summed E-state index contributed by atoms with van der Waals surface area (Å²) in [5.74, 6) is 1.90. The highest BCUT2D eigenvalue weighted by Gasteiger charge is 2.36. The first-order valence-electron chi connectivity index (χ1n) is 9.75. The van der Waals surface area contributed by atoms with E-state index in [1.807, 2.05) is 6.26 Å². The standard InChI is InChI=1S/C20H35BO/c1-3-11-18(16-10-17-22-2)21(19-12-6-4-7-13-19)20-14-8-5-9-15-20/h10,16-17,19-20H,3-9,11-15H2,1-2H3/b17-10-,18-16+. The monoisotopic (exact) mass is 302 g/mol. The number of allylic oxidation sites excluding steroid dienone is 3. The molecule has 0 unspecified atom stereocenters. The van der Waals surface area contributed by atoms with Crippen LogP contribution in [-0.4, -0.2) is 13.8 Å². The fourth-order valence-corrected chi connectivity index (χ4v) is 4.87. The molecule has 0 aromatic rings. The Morgan fingerprint density at radius 3 is 1.95 bits per heavy atom. The van der Waals surface area contributed by atoms with Crippen molar-refractivity contribution in [2.24, 2.45) is 0 Å². The van der Waals surface area contributed by atoms with Crippen molar-refractivity contribution >= 4 is 6.71 Å². The first-order chi connectivity index (χ1) is 10.9. The van der Waals surface area contributed by atoms with Gasteiger partial charge in [0, 0.05) is 0 Å². The summed E-state index contributed by atoms with van der Waals surface area (Å²) in [7, 11) is 1.74. The molecule has 0 N–H and O–H groups in total. The lowest BCUT2D eigenvalue weighted by Gasteiger charge is -2.37. The fourth-order valence-electron chi connectivity index (χ4n) is 4.87. The van der Waals surface area contributed by atoms with Gasteiger partial charge in [0.2, 0.25) is 0 Å². The number of hydrogen-bond acceptors (Lipinski definition) is 1. The number of rotatable bonds is 7. The first kappa shape index (κ1) is 17.7. The average Bonchev–Trinajstić information content (AvgIpc) is 2.57. The second-order valence-corrected chi connectivity index (χ2v) is 7.38. The molecule has 124 valence electrons. The molecule has 2 heteroatoms. The predicted molar refractivity (Wildman–Crippen MR) is 98.6 cm³/mol. The quantitative estimate of drug-likeness (QED) is 0.293. The van der Waals surface area contributed by atoms with Crippen LogP contribution >= 0.6 is 0 Å². The van der Waals surface area contributed by atoms with Crippen molar-refractivity contribution in [2.75, 3.05) is 7.11 Å². The van der Waals surface area contributed by atoms with Gasteiger partial charge in [-0.1, -0.05) is 95.3 Å². The molecule has 0 aromatic heterocycles. The smallest absolute Gasteiger partial charge is 0.176 e. The fraction of sp³-hybridized carbons (Fsp3) is 0.800. The molecule has 0 heterocycles. The molecule has 0 radical (unpaired) electrons. The Balaban J connectivity index is 2.18. The summed E-state index contributed by atoms with van der Waals surface area (Å²) < 4.78 is 5.12. The Kier molecular flexibility index (Phi) is 8.19. The van der Waals surface area contributed by atoms with E-state index < -0.39 is 0 Å². The van der Waals surface area contributed by atoms with Gasteiger partial charge in [0.15, 0.2) is 6.71 Å². The van der Waals surface area contributed by atoms with Crippen LogP contribution in [0.1, 0.15) is 84.0 Å². The molecule has 0 atom stereocenters. The molecule has 2 aliphatic carbocycles. The Bertz CT molecular complexity index is 331. The summed E-state index contributed by atoms with van der Waals surface area (Å²) in [6.07, 6.45) is 23.5. The predicted octanol–water partition coefficient (Wildman–Crippen LogP) is 6.58. The van der Waals surface area contributed by atoms with Crippen LogP contribution in [-0.2, 0) is 4.74 Å². The van der Waals surface area contributed by atoms with Crippen molar-refractivity contribution in [3.63, 3.8) is 0 Å². The van der Waals surface area contributed by atoms with Gasteiger partial charge in [0.25, 0.3) is 0 Å². The summed E-state index contributed by atoms with van der Waals surface area (Å²) >= 11 is 0. The minimum absolute atomic E-state index is 0.849. The SMILES string of the molecule is CCC/C(=C\C=C/OC)B(C1CCCCC1)C1CCCCC1. The van der Waals surface area contributed by atoms with Gasteiger partial charge < -0.3 is 4.74 Å². The molecule has 2 aliphatic rings. The molecule has 0 spiro atoms. The van der Waals surface area contributed by atoms with E-state index in [1.165, 1.54) is 77.0 Å². The maximum Gasteiger partial charge on any atom is 0.176 e. The second-order valence-electron chi connectivity index (χ2n) is 7.38. The highest BCUT2D eigenvalue weighted by molar-refractivity contribution is 6.69. The van der Waals surface area contributed by atoms with Gasteiger partial charge in [-0.25, -0.2) is 0 Å². The molecule has 0 aromatic carbocycles. The molecule has 0 saturated heterocycles. The molecular formula is C20H35BO. The van der Waals surface area contributed by atoms with E-state index in [0.717, 1.165) is 18.3 Å². The maximum atomic E-state index is 5.12. The van der Waals surface area contributed by atoms with E-state index in [-0.39, 0.29) is 0 Å². The van der Waals surface area contributed by atoms with Gasteiger partial charge in [-0.2, -0.15) is 0 Å². The summed E-state index contributed by atoms with van der Waals surface area (Å²) in [4.78, 5) is 0. The van der Waals surface area contributed by atoms with E-state index >= 15 is 0 Å². The molecule has 22 heavy (non-hydrogen) atoms. The van der Waals surface area contributed by atoms with E-state index in [1.54, 1.807) is 12.6 Å². The van der Waals surface area contributed by atoms with Crippen LogP contribution in [0, 0.1) is 0 Å². The highest BCUT2D eigenvalue weighted by Crippen LogP contribution is 2.44. The van der Waals surface area contributed by atoms with Gasteiger partial charge in [0.1, 0.15) is 0 Å². The summed E-state index contributed by atoms with van der Waals surface area (Å²) in [5, 5.41) is 0. The van der Waals surface area contributed by atoms with E-state index in [4.69, 9.17) is 4.74 Å². The molecule has 2 fully saturated rings. The third-order valence-corrected chi connectivity index (χ3v) is 5.81. The minimum Gasteiger partial charge on any atom is -0.504 e. The largest absolute Gasteiger partial charge is 0.504 e. The number of ether oxygens (including phenoxy) is 1. The van der Waals surface area contributed by atoms with Gasteiger partial charge in [-0.15, -0.1) is 5.47 Å². The van der Waals surface area contributed by atoms with Gasteiger partial charge in [0.05, 0.1) is 13.4 Å². The Morgan fingerprint density at radius 2 is 1.50 bits per heavy atom. The summed E-state index contributed by atoms with van der Waals surface area (Å²) in [6.45, 7) is 3.18. The van der Waals surface area contributed by atoms with Crippen LogP contribution in [0.25, 0.3) is 0 Å². The van der Waals surface area contributed by atoms with Crippen LogP contribution in [0.3, 0.4) is 0 Å². The average molecular weight is 302 g/mol. The van der Waals surface area contributed by atoms with E-state index in [9.17, 15) is 0 Å². The Labute approximate surface area is 138 Å². The second kappa shape index (κ2) is 10.2. The zero-order valence-corrected chi connectivity index (χ0v) is 14.9. The maximum absolute atomic E-state index is 5.12. The molecule has 1 nitrogen and oxygen atoms in total. The van der Waals surface area contributed by atoms with E-state index in [2.05, 4.69) is 19.1 Å². The Morgan fingerprint density at radius 1 is 0.955 bits per heavy atom. The van der Waals surface area contributed by atoms with Gasteiger partial charge in [-0.3, -0.25) is 0 Å². The molecule has 2 rings (SSSR count). The zero-order chi connectivity index (χ0) is 15.6. The lowest BCUT2D eigenvalue weighted by molar-refractivity contribution is 0.338. The minimum atomic E-state index is 0.849. The van der Waals surface area contributed by atoms with Crippen molar-refractivity contribution in [1.82, 2.24) is 0 Å². The van der Waals surface area contributed by atoms with Crippen molar-refractivity contribution in [1.29, 1.82) is 0 Å². The first-order valence-corrected chi connectivity index (χ1v) is 9.75. The number of methoxy groups -OCH3 is 1. The molecule has 2 saturated carbocycles. The highest BCUT2D eigenvalue weighted by atomic mass is 16.5. The molecular weight excluding hydrogens is 267 g/mol. The van der Waals surface area contributed by atoms with Crippen LogP contribution < -0.4 is 0 Å². The van der Waals surface area contributed by atoms with Gasteiger partial charge >= 0.3 is 0 Å². The van der Waals surface area contributed by atoms with Crippen molar-refractivity contribution in [3.8, 4) is 0 Å². The van der Waals surface area contributed by atoms with Crippen LogP contribution in [0.4, 0.5) is 0 Å². The summed E-state index contributed by atoms with van der Waals surface area (Å²) in [6, 6.07) is 0. The van der Waals surface area contributed by atoms with Crippen LogP contribution in [0.2, 0.25) is 11.6 Å². The zero-order valence-electron chi connectivity index (χ0n) is 14.9. The van der Waals surface area contributed by atoms with E-state index in [0.29, 0.717) is 0 Å². The normalized spacial score (nSPS) is 22.2. The third-order valence-electron chi connectivity index (χ3n) is 5.81. The van der Waals surface area contributed by atoms with Crippen LogP contribution in [0.5, 0.6) is 0 Å². The van der Waals surface area contributed by atoms with Crippen molar-refractivity contribution < 1.29 is 4.74 Å². The molecule has 0 aliphatic heterocycles. The topological polar surface area (TPSA) is 9.23 Å². The molecule has 0 amide bonds. The van der Waals surface area contributed by atoms with Crippen molar-refractivity contribution in [3.05, 3.63) is 23.9 Å². The summed E-state index contributed by atoms with van der Waals surface area (Å²) in [5.41, 5.74) is 1.72. The van der Waals surface area contributed by atoms with Gasteiger partial charge in [-0.05, 0) is 12.5 Å². The lowest BCUT2D eigenvalue weighted by atomic mass is 9.26.